The molecule has 0 atom stereocenters. The SMILES string of the molecule is N#Cc1cccc(CN2CC(CC(=O)O)C2)c1. The van der Waals surface area contributed by atoms with Gasteiger partial charge in [-0.3, -0.25) is 9.69 Å². The Morgan fingerprint density at radius 1 is 1.53 bits per heavy atom. The quantitative estimate of drug-likeness (QED) is 0.850. The summed E-state index contributed by atoms with van der Waals surface area (Å²) < 4.78 is 0. The molecule has 17 heavy (non-hydrogen) atoms. The van der Waals surface area contributed by atoms with Gasteiger partial charge in [0.1, 0.15) is 0 Å². The number of rotatable bonds is 4. The van der Waals surface area contributed by atoms with E-state index >= 15 is 0 Å². The summed E-state index contributed by atoms with van der Waals surface area (Å²) in [6, 6.07) is 9.65. The fourth-order valence-corrected chi connectivity index (χ4v) is 2.18. The van der Waals surface area contributed by atoms with Crippen LogP contribution in [-0.2, 0) is 11.3 Å². The Balaban J connectivity index is 1.83. The molecule has 0 amide bonds. The summed E-state index contributed by atoms with van der Waals surface area (Å²) in [6.07, 6.45) is 0.259. The molecular formula is C13H14N2O2. The smallest absolute Gasteiger partial charge is 0.303 e. The van der Waals surface area contributed by atoms with Crippen LogP contribution in [0.3, 0.4) is 0 Å². The van der Waals surface area contributed by atoms with E-state index in [0.29, 0.717) is 5.56 Å². The van der Waals surface area contributed by atoms with E-state index in [9.17, 15) is 4.79 Å². The zero-order chi connectivity index (χ0) is 12.3. The molecule has 1 aliphatic heterocycles. The third-order valence-corrected chi connectivity index (χ3v) is 2.96. The van der Waals surface area contributed by atoms with Crippen LogP contribution in [0.5, 0.6) is 0 Å². The van der Waals surface area contributed by atoms with Gasteiger partial charge >= 0.3 is 5.97 Å². The van der Waals surface area contributed by atoms with Crippen molar-refractivity contribution >= 4 is 5.97 Å². The molecule has 0 unspecified atom stereocenters. The van der Waals surface area contributed by atoms with Gasteiger partial charge in [0.15, 0.2) is 0 Å². The van der Waals surface area contributed by atoms with Gasteiger partial charge in [-0.1, -0.05) is 12.1 Å². The van der Waals surface area contributed by atoms with E-state index in [1.165, 1.54) is 0 Å². The van der Waals surface area contributed by atoms with Crippen molar-refractivity contribution < 1.29 is 9.90 Å². The van der Waals surface area contributed by atoms with Crippen LogP contribution in [0, 0.1) is 17.2 Å². The molecule has 1 N–H and O–H groups in total. The van der Waals surface area contributed by atoms with Gasteiger partial charge in [-0.05, 0) is 23.6 Å². The van der Waals surface area contributed by atoms with Gasteiger partial charge in [-0.15, -0.1) is 0 Å². The summed E-state index contributed by atoms with van der Waals surface area (Å²) in [6.45, 7) is 2.47. The van der Waals surface area contributed by atoms with Gasteiger partial charge in [0, 0.05) is 19.6 Å². The van der Waals surface area contributed by atoms with Crippen molar-refractivity contribution in [1.29, 1.82) is 5.26 Å². The molecule has 0 aromatic heterocycles. The molecule has 1 fully saturated rings. The van der Waals surface area contributed by atoms with Crippen molar-refractivity contribution in [2.75, 3.05) is 13.1 Å². The number of carboxylic acids is 1. The molecule has 1 heterocycles. The van der Waals surface area contributed by atoms with Crippen molar-refractivity contribution in [2.24, 2.45) is 5.92 Å². The summed E-state index contributed by atoms with van der Waals surface area (Å²) >= 11 is 0. The molecule has 2 rings (SSSR count). The first-order chi connectivity index (χ1) is 8.17. The van der Waals surface area contributed by atoms with Gasteiger partial charge in [-0.25, -0.2) is 0 Å². The van der Waals surface area contributed by atoms with Crippen LogP contribution in [0.1, 0.15) is 17.5 Å². The molecule has 0 spiro atoms. The fourth-order valence-electron chi connectivity index (χ4n) is 2.18. The maximum atomic E-state index is 10.5. The molecule has 4 nitrogen and oxygen atoms in total. The fraction of sp³-hybridized carbons (Fsp3) is 0.385. The lowest BCUT2D eigenvalue weighted by atomic mass is 9.95. The highest BCUT2D eigenvalue weighted by Crippen LogP contribution is 2.21. The summed E-state index contributed by atoms with van der Waals surface area (Å²) in [5.74, 6) is -0.437. The van der Waals surface area contributed by atoms with Gasteiger partial charge in [0.2, 0.25) is 0 Å². The number of aliphatic carboxylic acids is 1. The second kappa shape index (κ2) is 4.98. The summed E-state index contributed by atoms with van der Waals surface area (Å²) in [7, 11) is 0. The van der Waals surface area contributed by atoms with Crippen LogP contribution < -0.4 is 0 Å². The predicted molar refractivity (Wildman–Crippen MR) is 62.2 cm³/mol. The van der Waals surface area contributed by atoms with Crippen LogP contribution in [0.4, 0.5) is 0 Å². The Kier molecular flexibility index (Phi) is 3.40. The van der Waals surface area contributed by atoms with Gasteiger partial charge in [0.05, 0.1) is 18.1 Å². The molecule has 1 aromatic carbocycles. The molecule has 4 heteroatoms. The Morgan fingerprint density at radius 2 is 2.29 bits per heavy atom. The number of nitriles is 1. The Bertz CT molecular complexity index is 459. The van der Waals surface area contributed by atoms with Crippen LogP contribution in [0.2, 0.25) is 0 Å². The molecule has 1 aromatic rings. The van der Waals surface area contributed by atoms with E-state index in [-0.39, 0.29) is 12.3 Å². The number of carbonyl (C=O) groups is 1. The van der Waals surface area contributed by atoms with Gasteiger partial charge in [-0.2, -0.15) is 5.26 Å². The molecule has 0 bridgehead atoms. The molecule has 0 saturated carbocycles. The standard InChI is InChI=1S/C13H14N2O2/c14-6-10-2-1-3-11(4-10)7-15-8-12(9-15)5-13(16)17/h1-4,12H,5,7-9H2,(H,16,17). The zero-order valence-electron chi connectivity index (χ0n) is 9.47. The minimum atomic E-state index is -0.721. The lowest BCUT2D eigenvalue weighted by Crippen LogP contribution is -2.46. The minimum absolute atomic E-state index is 0.259. The van der Waals surface area contributed by atoms with Crippen LogP contribution in [0.15, 0.2) is 24.3 Å². The molecule has 88 valence electrons. The molecular weight excluding hydrogens is 216 g/mol. The van der Waals surface area contributed by atoms with Crippen molar-refractivity contribution in [1.82, 2.24) is 4.90 Å². The third-order valence-electron chi connectivity index (χ3n) is 2.96. The molecule has 1 saturated heterocycles. The molecule has 0 radical (unpaired) electrons. The van der Waals surface area contributed by atoms with Crippen LogP contribution >= 0.6 is 0 Å². The number of nitrogens with zero attached hydrogens (tertiary/aromatic N) is 2. The third kappa shape index (κ3) is 3.05. The number of benzene rings is 1. The van der Waals surface area contributed by atoms with Gasteiger partial charge in [0.25, 0.3) is 0 Å². The van der Waals surface area contributed by atoms with Gasteiger partial charge < -0.3 is 5.11 Å². The number of hydrogen-bond donors (Lipinski definition) is 1. The first kappa shape index (κ1) is 11.6. The van der Waals surface area contributed by atoms with E-state index in [4.69, 9.17) is 10.4 Å². The molecule has 0 aliphatic carbocycles. The maximum Gasteiger partial charge on any atom is 0.303 e. The Labute approximate surface area is 100 Å². The first-order valence-electron chi connectivity index (χ1n) is 5.60. The summed E-state index contributed by atoms with van der Waals surface area (Å²) in [5, 5.41) is 17.4. The highest BCUT2D eigenvalue weighted by molar-refractivity contribution is 5.67. The lowest BCUT2D eigenvalue weighted by molar-refractivity contribution is -0.139. The lowest BCUT2D eigenvalue weighted by Gasteiger charge is -2.38. The first-order valence-corrected chi connectivity index (χ1v) is 5.60. The van der Waals surface area contributed by atoms with E-state index < -0.39 is 5.97 Å². The molecule has 1 aliphatic rings. The summed E-state index contributed by atoms with van der Waals surface area (Å²) in [4.78, 5) is 12.7. The largest absolute Gasteiger partial charge is 0.481 e. The normalized spacial score (nSPS) is 16.2. The van der Waals surface area contributed by atoms with E-state index in [1.807, 2.05) is 18.2 Å². The van der Waals surface area contributed by atoms with Crippen molar-refractivity contribution in [3.63, 3.8) is 0 Å². The van der Waals surface area contributed by atoms with Crippen LogP contribution in [-0.4, -0.2) is 29.1 Å². The Morgan fingerprint density at radius 3 is 2.94 bits per heavy atom. The van der Waals surface area contributed by atoms with E-state index in [2.05, 4.69) is 11.0 Å². The second-order valence-corrected chi connectivity index (χ2v) is 4.47. The Hall–Kier alpha value is -1.86. The predicted octanol–water partition coefficient (Wildman–Crippen LogP) is 1.46. The summed E-state index contributed by atoms with van der Waals surface area (Å²) in [5.41, 5.74) is 1.78. The second-order valence-electron chi connectivity index (χ2n) is 4.47. The van der Waals surface area contributed by atoms with E-state index in [1.54, 1.807) is 6.07 Å². The monoisotopic (exact) mass is 230 g/mol. The average Bonchev–Trinajstić information content (AvgIpc) is 2.26. The number of likely N-dealkylation sites (tertiary alicyclic amines) is 1. The van der Waals surface area contributed by atoms with Crippen molar-refractivity contribution in [3.8, 4) is 6.07 Å². The van der Waals surface area contributed by atoms with Crippen LogP contribution in [0.25, 0.3) is 0 Å². The highest BCUT2D eigenvalue weighted by Gasteiger charge is 2.28. The average molecular weight is 230 g/mol. The number of carboxylic acid groups (broad SMARTS) is 1. The number of hydrogen-bond acceptors (Lipinski definition) is 3. The maximum absolute atomic E-state index is 10.5. The minimum Gasteiger partial charge on any atom is -0.481 e. The topological polar surface area (TPSA) is 64.3 Å². The van der Waals surface area contributed by atoms with E-state index in [0.717, 1.165) is 25.2 Å². The van der Waals surface area contributed by atoms with Crippen molar-refractivity contribution in [3.05, 3.63) is 35.4 Å². The highest BCUT2D eigenvalue weighted by atomic mass is 16.4. The zero-order valence-corrected chi connectivity index (χ0v) is 9.47. The van der Waals surface area contributed by atoms with Crippen molar-refractivity contribution in [2.45, 2.75) is 13.0 Å².